The van der Waals surface area contributed by atoms with Crippen molar-refractivity contribution in [3.63, 3.8) is 0 Å². The topological polar surface area (TPSA) is 75.4 Å². The molecule has 1 heterocycles. The zero-order valence-corrected chi connectivity index (χ0v) is 13.6. The maximum Gasteiger partial charge on any atom is 0.290 e. The van der Waals surface area contributed by atoms with Gasteiger partial charge in [-0.2, -0.15) is 0 Å². The monoisotopic (exact) mass is 324 g/mol. The van der Waals surface area contributed by atoms with Crippen LogP contribution in [-0.2, 0) is 0 Å². The lowest BCUT2D eigenvalue weighted by Gasteiger charge is -2.33. The predicted octanol–water partition coefficient (Wildman–Crippen LogP) is 2.44. The number of amides is 1. The molecule has 5 heteroatoms. The van der Waals surface area contributed by atoms with E-state index in [1.165, 1.54) is 12.3 Å². The Morgan fingerprint density at radius 1 is 1.46 bits per heavy atom. The molecule has 2 atom stereocenters. The highest BCUT2D eigenvalue weighted by molar-refractivity contribution is 5.91. The molecule has 0 aliphatic heterocycles. The summed E-state index contributed by atoms with van der Waals surface area (Å²) in [6, 6.07) is 9.26. The molecule has 0 unspecified atom stereocenters. The molecule has 1 saturated carbocycles. The number of aryl methyl sites for hydroxylation is 1. The Bertz CT molecular complexity index is 773. The van der Waals surface area contributed by atoms with Crippen molar-refractivity contribution < 1.29 is 14.4 Å². The van der Waals surface area contributed by atoms with Gasteiger partial charge in [0.15, 0.2) is 0 Å². The summed E-state index contributed by atoms with van der Waals surface area (Å²) in [4.78, 5) is 12.0. The van der Waals surface area contributed by atoms with Gasteiger partial charge in [-0.1, -0.05) is 29.1 Å². The number of carbonyl (C=O) groups excluding carboxylic acids is 1. The molecule has 0 saturated heterocycles. The van der Waals surface area contributed by atoms with Crippen molar-refractivity contribution in [2.75, 3.05) is 0 Å². The number of nitrogens with one attached hydrogen (secondary N) is 1. The van der Waals surface area contributed by atoms with E-state index < -0.39 is 5.60 Å². The third-order valence-corrected chi connectivity index (χ3v) is 4.18. The van der Waals surface area contributed by atoms with Crippen LogP contribution in [0.5, 0.6) is 0 Å². The van der Waals surface area contributed by atoms with Gasteiger partial charge in [-0.25, -0.2) is 0 Å². The molecule has 1 aliphatic carbocycles. The van der Waals surface area contributed by atoms with Crippen molar-refractivity contribution >= 4 is 5.91 Å². The summed E-state index contributed by atoms with van der Waals surface area (Å²) in [5, 5.41) is 17.2. The molecule has 1 aliphatic rings. The van der Waals surface area contributed by atoms with E-state index in [9.17, 15) is 9.90 Å². The molecule has 1 aromatic heterocycles. The lowest BCUT2D eigenvalue weighted by Crippen LogP contribution is -2.45. The summed E-state index contributed by atoms with van der Waals surface area (Å²) in [6.07, 6.45) is 4.07. The van der Waals surface area contributed by atoms with Crippen LogP contribution in [0.1, 0.15) is 47.4 Å². The highest BCUT2D eigenvalue weighted by Crippen LogP contribution is 2.28. The number of benzene rings is 1. The normalized spacial score (nSPS) is 23.2. The summed E-state index contributed by atoms with van der Waals surface area (Å²) in [7, 11) is 0. The van der Waals surface area contributed by atoms with Crippen LogP contribution >= 0.6 is 0 Å². The molecule has 124 valence electrons. The SMILES string of the molecule is Cc1cccc(C#C[C@@]2(O)CCC[C@@H](NC(=O)c3ccno3)C2)c1. The smallest absolute Gasteiger partial charge is 0.290 e. The summed E-state index contributed by atoms with van der Waals surface area (Å²) >= 11 is 0. The number of hydrogen-bond donors (Lipinski definition) is 2. The second kappa shape index (κ2) is 6.90. The molecule has 1 aromatic carbocycles. The van der Waals surface area contributed by atoms with Crippen LogP contribution in [-0.4, -0.2) is 27.8 Å². The molecule has 0 spiro atoms. The number of carbonyl (C=O) groups is 1. The minimum Gasteiger partial charge on any atom is -0.378 e. The third kappa shape index (κ3) is 4.03. The minimum absolute atomic E-state index is 0.131. The third-order valence-electron chi connectivity index (χ3n) is 4.18. The molecular weight excluding hydrogens is 304 g/mol. The predicted molar refractivity (Wildman–Crippen MR) is 89.2 cm³/mol. The minimum atomic E-state index is -1.08. The first kappa shape index (κ1) is 16.3. The number of nitrogens with zero attached hydrogens (tertiary/aromatic N) is 1. The molecule has 2 aromatic rings. The van der Waals surface area contributed by atoms with E-state index in [2.05, 4.69) is 22.3 Å². The van der Waals surface area contributed by atoms with Crippen molar-refractivity contribution in [2.45, 2.75) is 44.2 Å². The van der Waals surface area contributed by atoms with E-state index in [-0.39, 0.29) is 17.7 Å². The van der Waals surface area contributed by atoms with Crippen LogP contribution in [0.4, 0.5) is 0 Å². The van der Waals surface area contributed by atoms with Gasteiger partial charge in [-0.3, -0.25) is 4.79 Å². The van der Waals surface area contributed by atoms with Gasteiger partial charge in [-0.15, -0.1) is 0 Å². The van der Waals surface area contributed by atoms with Gasteiger partial charge in [0.1, 0.15) is 5.60 Å². The standard InChI is InChI=1S/C19H20N2O3/c1-14-4-2-5-15(12-14)7-10-19(23)9-3-6-16(13-19)21-18(22)17-8-11-20-24-17/h2,4-5,8,11-12,16,23H,3,6,9,13H2,1H3,(H,21,22)/t16-,19+/m1/s1. The average molecular weight is 324 g/mol. The van der Waals surface area contributed by atoms with E-state index in [1.807, 2.05) is 31.2 Å². The van der Waals surface area contributed by atoms with E-state index in [0.29, 0.717) is 12.8 Å². The van der Waals surface area contributed by atoms with Crippen molar-refractivity contribution in [1.29, 1.82) is 0 Å². The van der Waals surface area contributed by atoms with E-state index >= 15 is 0 Å². The quantitative estimate of drug-likeness (QED) is 0.832. The summed E-state index contributed by atoms with van der Waals surface area (Å²) < 4.78 is 4.85. The molecular formula is C19H20N2O3. The Hall–Kier alpha value is -2.58. The summed E-state index contributed by atoms with van der Waals surface area (Å²) in [6.45, 7) is 2.01. The largest absolute Gasteiger partial charge is 0.378 e. The fraction of sp³-hybridized carbons (Fsp3) is 0.368. The van der Waals surface area contributed by atoms with Crippen LogP contribution in [0.2, 0.25) is 0 Å². The molecule has 0 bridgehead atoms. The summed E-state index contributed by atoms with van der Waals surface area (Å²) in [5.41, 5.74) is 0.937. The number of hydrogen-bond acceptors (Lipinski definition) is 4. The van der Waals surface area contributed by atoms with Gasteiger partial charge in [0, 0.05) is 24.1 Å². The first-order chi connectivity index (χ1) is 11.5. The Morgan fingerprint density at radius 3 is 3.08 bits per heavy atom. The fourth-order valence-corrected chi connectivity index (χ4v) is 2.99. The van der Waals surface area contributed by atoms with Gasteiger partial charge in [0.2, 0.25) is 5.76 Å². The van der Waals surface area contributed by atoms with Gasteiger partial charge in [0.05, 0.1) is 6.20 Å². The zero-order chi connectivity index (χ0) is 17.0. The van der Waals surface area contributed by atoms with Crippen molar-refractivity contribution in [3.05, 3.63) is 53.4 Å². The first-order valence-corrected chi connectivity index (χ1v) is 8.08. The Labute approximate surface area is 141 Å². The van der Waals surface area contributed by atoms with Gasteiger partial charge >= 0.3 is 0 Å². The van der Waals surface area contributed by atoms with Gasteiger partial charge in [-0.05, 0) is 43.9 Å². The van der Waals surface area contributed by atoms with E-state index in [0.717, 1.165) is 24.0 Å². The van der Waals surface area contributed by atoms with Gasteiger partial charge < -0.3 is 14.9 Å². The zero-order valence-electron chi connectivity index (χ0n) is 13.6. The maximum atomic E-state index is 12.0. The van der Waals surface area contributed by atoms with E-state index in [1.54, 1.807) is 0 Å². The highest BCUT2D eigenvalue weighted by Gasteiger charge is 2.34. The molecule has 24 heavy (non-hydrogen) atoms. The van der Waals surface area contributed by atoms with Crippen molar-refractivity contribution in [2.24, 2.45) is 0 Å². The van der Waals surface area contributed by atoms with Crippen LogP contribution in [0.25, 0.3) is 0 Å². The van der Waals surface area contributed by atoms with Crippen LogP contribution in [0.3, 0.4) is 0 Å². The highest BCUT2D eigenvalue weighted by atomic mass is 16.5. The molecule has 1 fully saturated rings. The number of aromatic nitrogens is 1. The first-order valence-electron chi connectivity index (χ1n) is 8.08. The van der Waals surface area contributed by atoms with Gasteiger partial charge in [0.25, 0.3) is 5.91 Å². The molecule has 3 rings (SSSR count). The Morgan fingerprint density at radius 2 is 2.33 bits per heavy atom. The second-order valence-electron chi connectivity index (χ2n) is 6.29. The number of rotatable bonds is 2. The lowest BCUT2D eigenvalue weighted by molar-refractivity contribution is 0.0446. The van der Waals surface area contributed by atoms with Crippen LogP contribution in [0.15, 0.2) is 41.1 Å². The van der Waals surface area contributed by atoms with E-state index in [4.69, 9.17) is 4.52 Å². The Kier molecular flexibility index (Phi) is 4.68. The average Bonchev–Trinajstić information content (AvgIpc) is 3.08. The Balaban J connectivity index is 1.67. The molecule has 0 radical (unpaired) electrons. The fourth-order valence-electron chi connectivity index (χ4n) is 2.99. The summed E-state index contributed by atoms with van der Waals surface area (Å²) in [5.74, 6) is 5.92. The van der Waals surface area contributed by atoms with Crippen molar-refractivity contribution in [1.82, 2.24) is 10.5 Å². The molecule has 5 nitrogen and oxygen atoms in total. The second-order valence-corrected chi connectivity index (χ2v) is 6.29. The maximum absolute atomic E-state index is 12.0. The van der Waals surface area contributed by atoms with Crippen LogP contribution < -0.4 is 5.32 Å². The lowest BCUT2D eigenvalue weighted by atomic mass is 9.82. The van der Waals surface area contributed by atoms with Crippen LogP contribution in [0, 0.1) is 18.8 Å². The molecule has 1 amide bonds. The number of aliphatic hydroxyl groups is 1. The van der Waals surface area contributed by atoms with Crippen molar-refractivity contribution in [3.8, 4) is 11.8 Å². The molecule has 2 N–H and O–H groups in total.